The van der Waals surface area contributed by atoms with Crippen LogP contribution in [0.3, 0.4) is 0 Å². The van der Waals surface area contributed by atoms with Gasteiger partial charge in [0, 0.05) is 12.6 Å². The third-order valence-electron chi connectivity index (χ3n) is 4.57. The van der Waals surface area contributed by atoms with Crippen LogP contribution in [0, 0.1) is 0 Å². The van der Waals surface area contributed by atoms with Crippen LogP contribution in [0.1, 0.15) is 25.8 Å². The predicted octanol–water partition coefficient (Wildman–Crippen LogP) is 2.69. The molecule has 2 aromatic heterocycles. The molecule has 146 valence electrons. The van der Waals surface area contributed by atoms with Crippen LogP contribution in [0.4, 0.5) is 0 Å². The van der Waals surface area contributed by atoms with Crippen LogP contribution in [-0.2, 0) is 11.3 Å². The Kier molecular flexibility index (Phi) is 5.29. The first-order chi connectivity index (χ1) is 13.6. The Hall–Kier alpha value is -2.87. The molecular formula is C20H22N4O3S. The molecule has 0 unspecified atom stereocenters. The van der Waals surface area contributed by atoms with E-state index in [4.69, 9.17) is 4.74 Å². The van der Waals surface area contributed by atoms with Crippen molar-refractivity contribution in [3.05, 3.63) is 58.3 Å². The molecule has 4 rings (SSSR count). The minimum Gasteiger partial charge on any atom is -0.481 e. The number of hydrogen-bond acceptors (Lipinski definition) is 5. The number of carbonyl (C=O) groups is 1. The van der Waals surface area contributed by atoms with Crippen LogP contribution < -0.4 is 15.7 Å². The van der Waals surface area contributed by atoms with Gasteiger partial charge in [0.1, 0.15) is 5.75 Å². The van der Waals surface area contributed by atoms with Gasteiger partial charge in [0.25, 0.3) is 5.91 Å². The van der Waals surface area contributed by atoms with Crippen LogP contribution in [0.5, 0.6) is 5.75 Å². The van der Waals surface area contributed by atoms with E-state index in [-0.39, 0.29) is 17.6 Å². The summed E-state index contributed by atoms with van der Waals surface area (Å²) in [6, 6.07) is 13.4. The number of ether oxygens (including phenoxy) is 1. The van der Waals surface area contributed by atoms with E-state index in [0.717, 1.165) is 23.5 Å². The number of aromatic nitrogens is 3. The largest absolute Gasteiger partial charge is 0.481 e. The van der Waals surface area contributed by atoms with Crippen LogP contribution in [0.2, 0.25) is 0 Å². The van der Waals surface area contributed by atoms with Gasteiger partial charge in [0.2, 0.25) is 0 Å². The van der Waals surface area contributed by atoms with Gasteiger partial charge in [-0.2, -0.15) is 0 Å². The highest BCUT2D eigenvalue weighted by atomic mass is 32.1. The van der Waals surface area contributed by atoms with E-state index in [1.54, 1.807) is 35.0 Å². The molecule has 0 saturated heterocycles. The number of rotatable bonds is 8. The smallest absolute Gasteiger partial charge is 0.346 e. The van der Waals surface area contributed by atoms with Crippen molar-refractivity contribution in [3.8, 4) is 16.5 Å². The van der Waals surface area contributed by atoms with Crippen molar-refractivity contribution in [1.82, 2.24) is 19.7 Å². The minimum atomic E-state index is -0.621. The van der Waals surface area contributed by atoms with Crippen LogP contribution in [0.15, 0.2) is 52.6 Å². The maximum absolute atomic E-state index is 12.7. The van der Waals surface area contributed by atoms with E-state index in [9.17, 15) is 9.59 Å². The zero-order valence-electron chi connectivity index (χ0n) is 15.6. The molecule has 1 saturated carbocycles. The van der Waals surface area contributed by atoms with E-state index >= 15 is 0 Å². The molecule has 1 fully saturated rings. The van der Waals surface area contributed by atoms with Crippen molar-refractivity contribution in [2.75, 3.05) is 6.54 Å². The van der Waals surface area contributed by atoms with E-state index in [0.29, 0.717) is 18.8 Å². The normalized spacial score (nSPS) is 14.6. The zero-order chi connectivity index (χ0) is 19.5. The lowest BCUT2D eigenvalue weighted by Gasteiger charge is -2.14. The highest BCUT2D eigenvalue weighted by molar-refractivity contribution is 7.13. The summed E-state index contributed by atoms with van der Waals surface area (Å²) < 4.78 is 8.84. The van der Waals surface area contributed by atoms with Gasteiger partial charge in [-0.3, -0.25) is 9.36 Å². The molecule has 1 aromatic carbocycles. The lowest BCUT2D eigenvalue weighted by molar-refractivity contribution is -0.127. The summed E-state index contributed by atoms with van der Waals surface area (Å²) in [5, 5.41) is 9.31. The first-order valence-electron chi connectivity index (χ1n) is 9.36. The molecule has 1 aliphatic carbocycles. The van der Waals surface area contributed by atoms with Gasteiger partial charge in [0.05, 0.1) is 11.4 Å². The van der Waals surface area contributed by atoms with E-state index in [1.807, 2.05) is 35.7 Å². The van der Waals surface area contributed by atoms with Crippen molar-refractivity contribution in [1.29, 1.82) is 0 Å². The summed E-state index contributed by atoms with van der Waals surface area (Å²) in [4.78, 5) is 26.0. The molecule has 1 atom stereocenters. The molecule has 0 aliphatic heterocycles. The van der Waals surface area contributed by atoms with Crippen LogP contribution >= 0.6 is 11.3 Å². The molecule has 8 heteroatoms. The average Bonchev–Trinajstić information content (AvgIpc) is 3.27. The number of amides is 1. The Bertz CT molecular complexity index is 990. The van der Waals surface area contributed by atoms with Crippen molar-refractivity contribution >= 4 is 17.2 Å². The van der Waals surface area contributed by atoms with Crippen molar-refractivity contribution < 1.29 is 9.53 Å². The van der Waals surface area contributed by atoms with Crippen molar-refractivity contribution in [2.24, 2.45) is 0 Å². The van der Waals surface area contributed by atoms with Crippen molar-refractivity contribution in [2.45, 2.75) is 38.5 Å². The molecule has 0 radical (unpaired) electrons. The third-order valence-corrected chi connectivity index (χ3v) is 5.44. The van der Waals surface area contributed by atoms with E-state index in [2.05, 4.69) is 10.4 Å². The number of nitrogens with one attached hydrogen (secondary N) is 1. The topological polar surface area (TPSA) is 78.2 Å². The Morgan fingerprint density at radius 1 is 1.29 bits per heavy atom. The van der Waals surface area contributed by atoms with Crippen LogP contribution in [-0.4, -0.2) is 32.9 Å². The standard InChI is InChI=1S/C20H22N4O3S/c1-14(27-16-6-3-2-4-7-16)19(25)21-11-12-23-20(26)24(15-9-10-15)18(22-23)17-8-5-13-28-17/h2-8,13-15H,9-12H2,1H3,(H,21,25)/t14-/m0/s1. The summed E-state index contributed by atoms with van der Waals surface area (Å²) >= 11 is 1.57. The Morgan fingerprint density at radius 2 is 2.07 bits per heavy atom. The highest BCUT2D eigenvalue weighted by Gasteiger charge is 2.30. The summed E-state index contributed by atoms with van der Waals surface area (Å²) in [5.74, 6) is 1.14. The minimum absolute atomic E-state index is 0.117. The average molecular weight is 398 g/mol. The summed E-state index contributed by atoms with van der Waals surface area (Å²) in [6.45, 7) is 2.33. The van der Waals surface area contributed by atoms with E-state index < -0.39 is 6.10 Å². The second kappa shape index (κ2) is 8.02. The Morgan fingerprint density at radius 3 is 2.75 bits per heavy atom. The van der Waals surface area contributed by atoms with Gasteiger partial charge in [-0.25, -0.2) is 9.48 Å². The quantitative estimate of drug-likeness (QED) is 0.633. The lowest BCUT2D eigenvalue weighted by Crippen LogP contribution is -2.39. The summed E-state index contributed by atoms with van der Waals surface area (Å²) in [5.41, 5.74) is -0.117. The van der Waals surface area contributed by atoms with Crippen LogP contribution in [0.25, 0.3) is 10.7 Å². The SMILES string of the molecule is C[C@H](Oc1ccccc1)C(=O)NCCn1nc(-c2cccs2)n(C2CC2)c1=O. The van der Waals surface area contributed by atoms with Gasteiger partial charge in [0.15, 0.2) is 11.9 Å². The molecule has 1 amide bonds. The maximum atomic E-state index is 12.7. The monoisotopic (exact) mass is 398 g/mol. The van der Waals surface area contributed by atoms with Gasteiger partial charge in [-0.15, -0.1) is 16.4 Å². The molecule has 0 spiro atoms. The van der Waals surface area contributed by atoms with Crippen molar-refractivity contribution in [3.63, 3.8) is 0 Å². The Labute approximate surface area is 166 Å². The number of para-hydroxylation sites is 1. The van der Waals surface area contributed by atoms with Gasteiger partial charge in [-0.1, -0.05) is 24.3 Å². The van der Waals surface area contributed by atoms with Gasteiger partial charge in [-0.05, 0) is 43.3 Å². The fourth-order valence-corrected chi connectivity index (χ4v) is 3.69. The number of benzene rings is 1. The zero-order valence-corrected chi connectivity index (χ0v) is 16.4. The first kappa shape index (κ1) is 18.5. The number of thiophene rings is 1. The molecule has 28 heavy (non-hydrogen) atoms. The second-order valence-corrected chi connectivity index (χ2v) is 7.72. The van der Waals surface area contributed by atoms with E-state index in [1.165, 1.54) is 4.68 Å². The summed E-state index contributed by atoms with van der Waals surface area (Å²) in [6.07, 6.45) is 1.40. The first-order valence-corrected chi connectivity index (χ1v) is 10.2. The molecule has 1 N–H and O–H groups in total. The third kappa shape index (κ3) is 4.01. The fraction of sp³-hybridized carbons (Fsp3) is 0.350. The molecule has 3 aromatic rings. The molecule has 7 nitrogen and oxygen atoms in total. The van der Waals surface area contributed by atoms with Gasteiger partial charge < -0.3 is 10.1 Å². The molecule has 2 heterocycles. The molecule has 0 bridgehead atoms. The lowest BCUT2D eigenvalue weighted by atomic mass is 10.3. The predicted molar refractivity (Wildman–Crippen MR) is 108 cm³/mol. The number of carbonyl (C=O) groups excluding carboxylic acids is 1. The summed E-state index contributed by atoms with van der Waals surface area (Å²) in [7, 11) is 0. The highest BCUT2D eigenvalue weighted by Crippen LogP contribution is 2.37. The maximum Gasteiger partial charge on any atom is 0.346 e. The van der Waals surface area contributed by atoms with Gasteiger partial charge >= 0.3 is 5.69 Å². The molecular weight excluding hydrogens is 376 g/mol. The number of nitrogens with zero attached hydrogens (tertiary/aromatic N) is 3. The number of hydrogen-bond donors (Lipinski definition) is 1. The second-order valence-electron chi connectivity index (χ2n) is 6.77. The molecule has 1 aliphatic rings. The Balaban J connectivity index is 1.38. The fourth-order valence-electron chi connectivity index (χ4n) is 2.99.